The third-order valence-corrected chi connectivity index (χ3v) is 12.4. The molecule has 0 atom stereocenters. The number of fused-ring (bicyclic) bond motifs is 2. The van der Waals surface area contributed by atoms with Gasteiger partial charge in [0.15, 0.2) is 0 Å². The van der Waals surface area contributed by atoms with Crippen molar-refractivity contribution in [2.45, 2.75) is 29.7 Å². The lowest BCUT2D eigenvalue weighted by atomic mass is 9.84. The van der Waals surface area contributed by atoms with E-state index in [1.807, 2.05) is 12.1 Å². The Morgan fingerprint density at radius 1 is 0.714 bits per heavy atom. The molecular weight excluding hydrogens is 842 g/mol. The van der Waals surface area contributed by atoms with E-state index in [0.29, 0.717) is 32.7 Å². The van der Waals surface area contributed by atoms with Gasteiger partial charge in [0.2, 0.25) is 0 Å². The molecule has 0 bridgehead atoms. The van der Waals surface area contributed by atoms with Crippen molar-refractivity contribution in [3.05, 3.63) is 121 Å². The van der Waals surface area contributed by atoms with Gasteiger partial charge in [-0.1, -0.05) is 85.6 Å². The molecule has 256 valence electrons. The topological polar surface area (TPSA) is 159 Å². The van der Waals surface area contributed by atoms with Gasteiger partial charge < -0.3 is 19.6 Å². The Kier molecular flexibility index (Phi) is 9.34. The molecule has 6 rings (SSSR count). The zero-order valence-corrected chi connectivity index (χ0v) is 30.2. The molecule has 0 radical (unpaired) electrons. The molecule has 2 aromatic heterocycles. The quantitative estimate of drug-likeness (QED) is 0.0786. The molecule has 0 unspecified atom stereocenters. The van der Waals surface area contributed by atoms with Crippen LogP contribution in [0.15, 0.2) is 93.9 Å². The van der Waals surface area contributed by atoms with Crippen molar-refractivity contribution in [1.82, 2.24) is 20.0 Å². The number of hydrogen-bond acceptors (Lipinski definition) is 6. The lowest BCUT2D eigenvalue weighted by molar-refractivity contribution is 0.0557. The fourth-order valence-electron chi connectivity index (χ4n) is 5.52. The number of halogens is 6. The Balaban J connectivity index is 1.59. The van der Waals surface area contributed by atoms with E-state index in [1.54, 1.807) is 41.1 Å². The second kappa shape index (κ2) is 12.7. The van der Waals surface area contributed by atoms with Crippen molar-refractivity contribution in [3.8, 4) is 0 Å². The van der Waals surface area contributed by atoms with Crippen LogP contribution in [0.5, 0.6) is 0 Å². The van der Waals surface area contributed by atoms with Crippen molar-refractivity contribution in [1.29, 1.82) is 0 Å². The van der Waals surface area contributed by atoms with Crippen LogP contribution in [0, 0.1) is 0 Å². The number of aromatic nitrogens is 4. The standard InChI is InChI=1S/C30H22Br2F4N4O6P2S/c31-21-13-17(9-11-19(21)29(33,34)47(41,42)43)15-28(27-37-24-6-2-4-8-26(24)49-27,40-25-7-3-1-5-23(25)38-39-40)16-18-10-12-20(22(32)14-18)30(35,36)48(44,45)46/h1-14H,15-16H2,(H2,41,42,43)(H2,44,45,46). The highest BCUT2D eigenvalue weighted by Gasteiger charge is 2.53. The fourth-order valence-corrected chi connectivity index (χ4v) is 9.34. The second-order valence-corrected chi connectivity index (χ2v) is 17.2. The van der Waals surface area contributed by atoms with E-state index < -0.39 is 43.2 Å². The van der Waals surface area contributed by atoms with Crippen molar-refractivity contribution in [2.75, 3.05) is 0 Å². The monoisotopic (exact) mass is 862 g/mol. The van der Waals surface area contributed by atoms with E-state index in [4.69, 9.17) is 4.98 Å². The molecule has 0 spiro atoms. The number of nitrogens with zero attached hydrogens (tertiary/aromatic N) is 4. The van der Waals surface area contributed by atoms with Crippen LogP contribution >= 0.6 is 58.4 Å². The Bertz CT molecular complexity index is 2210. The molecule has 0 amide bonds. The van der Waals surface area contributed by atoms with Gasteiger partial charge in [-0.25, -0.2) is 9.67 Å². The summed E-state index contributed by atoms with van der Waals surface area (Å²) in [5.41, 5.74) is -9.68. The maximum atomic E-state index is 14.8. The van der Waals surface area contributed by atoms with E-state index in [2.05, 4.69) is 42.2 Å². The molecule has 0 aliphatic rings. The number of benzene rings is 4. The summed E-state index contributed by atoms with van der Waals surface area (Å²) in [7, 11) is -11.8. The molecule has 0 saturated heterocycles. The maximum Gasteiger partial charge on any atom is 0.399 e. The molecule has 0 aliphatic heterocycles. The van der Waals surface area contributed by atoms with Gasteiger partial charge in [-0.2, -0.15) is 17.6 Å². The Morgan fingerprint density at radius 3 is 1.69 bits per heavy atom. The Hall–Kier alpha value is -2.85. The van der Waals surface area contributed by atoms with Crippen LogP contribution < -0.4 is 0 Å². The van der Waals surface area contributed by atoms with E-state index in [0.717, 1.165) is 16.8 Å². The molecule has 4 N–H and O–H groups in total. The van der Waals surface area contributed by atoms with Gasteiger partial charge in [-0.05, 0) is 47.5 Å². The van der Waals surface area contributed by atoms with E-state index in [1.165, 1.54) is 35.6 Å². The van der Waals surface area contributed by atoms with Crippen LogP contribution in [-0.4, -0.2) is 39.6 Å². The van der Waals surface area contributed by atoms with Gasteiger partial charge in [0.25, 0.3) is 0 Å². The van der Waals surface area contributed by atoms with Crippen LogP contribution in [0.2, 0.25) is 0 Å². The van der Waals surface area contributed by atoms with Crippen LogP contribution in [-0.2, 0) is 38.8 Å². The number of alkyl halides is 4. The number of hydrogen-bond donors (Lipinski definition) is 4. The summed E-state index contributed by atoms with van der Waals surface area (Å²) >= 11 is 7.44. The first-order valence-electron chi connectivity index (χ1n) is 14.0. The van der Waals surface area contributed by atoms with Crippen molar-refractivity contribution in [2.24, 2.45) is 0 Å². The fraction of sp³-hybridized carbons (Fsp3) is 0.167. The van der Waals surface area contributed by atoms with Crippen LogP contribution in [0.1, 0.15) is 27.3 Å². The highest BCUT2D eigenvalue weighted by molar-refractivity contribution is 9.10. The molecule has 0 aliphatic carbocycles. The average Bonchev–Trinajstić information content (AvgIpc) is 3.65. The molecule has 10 nitrogen and oxygen atoms in total. The van der Waals surface area contributed by atoms with Gasteiger partial charge in [0.05, 0.1) is 15.7 Å². The normalized spacial score (nSPS) is 13.4. The van der Waals surface area contributed by atoms with E-state index in [9.17, 15) is 46.3 Å². The second-order valence-electron chi connectivity index (χ2n) is 11.2. The summed E-state index contributed by atoms with van der Waals surface area (Å²) in [6.45, 7) is 0. The zero-order valence-electron chi connectivity index (χ0n) is 24.5. The third-order valence-electron chi connectivity index (χ3n) is 7.89. The Morgan fingerprint density at radius 2 is 1.20 bits per heavy atom. The summed E-state index contributed by atoms with van der Waals surface area (Å²) in [6, 6.07) is 21.3. The summed E-state index contributed by atoms with van der Waals surface area (Å²) in [6.07, 6.45) is -0.0584. The highest BCUT2D eigenvalue weighted by atomic mass is 79.9. The lowest BCUT2D eigenvalue weighted by Crippen LogP contribution is -2.40. The molecule has 49 heavy (non-hydrogen) atoms. The van der Waals surface area contributed by atoms with Crippen molar-refractivity contribution < 1.29 is 46.3 Å². The average molecular weight is 864 g/mol. The molecular formula is C30H22Br2F4N4O6P2S. The molecule has 4 aromatic carbocycles. The van der Waals surface area contributed by atoms with Crippen molar-refractivity contribution in [3.63, 3.8) is 0 Å². The summed E-state index contributed by atoms with van der Waals surface area (Å²) in [5, 5.41) is 9.30. The minimum absolute atomic E-state index is 0.0292. The molecule has 0 saturated carbocycles. The first-order chi connectivity index (χ1) is 22.8. The smallest absolute Gasteiger partial charge is 0.320 e. The lowest BCUT2D eigenvalue weighted by Gasteiger charge is -2.33. The first kappa shape index (κ1) is 36.0. The molecule has 0 fully saturated rings. The first-order valence-corrected chi connectivity index (χ1v) is 19.6. The zero-order chi connectivity index (χ0) is 35.6. The maximum absolute atomic E-state index is 14.8. The third kappa shape index (κ3) is 6.45. The minimum atomic E-state index is -5.88. The van der Waals surface area contributed by atoms with Gasteiger partial charge in [-0.3, -0.25) is 9.13 Å². The Labute approximate surface area is 295 Å². The van der Waals surface area contributed by atoms with Crippen molar-refractivity contribution >= 4 is 79.6 Å². The summed E-state index contributed by atoms with van der Waals surface area (Å²) in [5.74, 6) is 0. The highest BCUT2D eigenvalue weighted by Crippen LogP contribution is 2.61. The van der Waals surface area contributed by atoms with Gasteiger partial charge in [-0.15, -0.1) is 16.4 Å². The van der Waals surface area contributed by atoms with E-state index in [-0.39, 0.29) is 21.8 Å². The largest absolute Gasteiger partial charge is 0.399 e. The molecule has 19 heteroatoms. The predicted molar refractivity (Wildman–Crippen MR) is 182 cm³/mol. The van der Waals surface area contributed by atoms with Gasteiger partial charge in [0.1, 0.15) is 16.1 Å². The summed E-state index contributed by atoms with van der Waals surface area (Å²) in [4.78, 5) is 42.3. The number of rotatable bonds is 10. The van der Waals surface area contributed by atoms with E-state index >= 15 is 0 Å². The van der Waals surface area contributed by atoms with Crippen LogP contribution in [0.25, 0.3) is 21.3 Å². The van der Waals surface area contributed by atoms with Gasteiger partial charge >= 0.3 is 26.5 Å². The minimum Gasteiger partial charge on any atom is -0.320 e. The SMILES string of the molecule is O=P(O)(O)C(F)(F)c1ccc(CC(Cc2ccc(C(F)(F)P(=O)(O)O)c(Br)c2)(c2nc3ccccc3s2)n2nnc3ccccc32)cc1Br. The van der Waals surface area contributed by atoms with Gasteiger partial charge in [0, 0.05) is 32.9 Å². The molecule has 6 aromatic rings. The molecule has 2 heterocycles. The van der Waals surface area contributed by atoms with Crippen LogP contribution in [0.4, 0.5) is 17.6 Å². The van der Waals surface area contributed by atoms with Crippen LogP contribution in [0.3, 0.4) is 0 Å². The number of para-hydroxylation sites is 2. The predicted octanol–water partition coefficient (Wildman–Crippen LogP) is 8.25. The summed E-state index contributed by atoms with van der Waals surface area (Å²) < 4.78 is 84.2. The number of thiazole rings is 1.